The van der Waals surface area contributed by atoms with Crippen LogP contribution in [0.5, 0.6) is 5.75 Å². The van der Waals surface area contributed by atoms with Crippen LogP contribution >= 0.6 is 47.8 Å². The molecule has 0 heterocycles. The number of hydrogen-bond donors (Lipinski definition) is 1. The molecule has 2 rings (SSSR count). The molecule has 0 aliphatic carbocycles. The van der Waals surface area contributed by atoms with Gasteiger partial charge in [-0.3, -0.25) is 0 Å². The second kappa shape index (κ2) is 7.77. The number of hydrogen-bond acceptors (Lipinski definition) is 2. The van der Waals surface area contributed by atoms with Crippen LogP contribution in [0.4, 0.5) is 0 Å². The van der Waals surface area contributed by atoms with Crippen molar-refractivity contribution in [2.24, 2.45) is 0 Å². The fourth-order valence-electron chi connectivity index (χ4n) is 2.17. The Morgan fingerprint density at radius 1 is 1.10 bits per heavy atom. The van der Waals surface area contributed by atoms with Gasteiger partial charge in [-0.15, -0.1) is 0 Å². The van der Waals surface area contributed by atoms with Crippen LogP contribution in [0.25, 0.3) is 0 Å². The van der Waals surface area contributed by atoms with Crippen LogP contribution in [0.15, 0.2) is 49.8 Å². The topological polar surface area (TPSA) is 21.3 Å². The van der Waals surface area contributed by atoms with E-state index in [2.05, 4.69) is 84.3 Å². The smallest absolute Gasteiger partial charge is 0.137 e. The molecule has 1 atom stereocenters. The van der Waals surface area contributed by atoms with E-state index in [0.29, 0.717) is 0 Å². The van der Waals surface area contributed by atoms with Crippen molar-refractivity contribution in [3.8, 4) is 5.75 Å². The highest BCUT2D eigenvalue weighted by Crippen LogP contribution is 2.33. The average molecular weight is 478 g/mol. The summed E-state index contributed by atoms with van der Waals surface area (Å²) in [6.45, 7) is 2.88. The molecule has 0 spiro atoms. The molecule has 0 aromatic heterocycles. The molecule has 0 saturated heterocycles. The predicted molar refractivity (Wildman–Crippen MR) is 97.8 cm³/mol. The number of rotatable bonds is 5. The molecule has 0 fully saturated rings. The molecule has 21 heavy (non-hydrogen) atoms. The van der Waals surface area contributed by atoms with E-state index in [1.807, 2.05) is 12.1 Å². The highest BCUT2D eigenvalue weighted by atomic mass is 79.9. The van der Waals surface area contributed by atoms with Crippen molar-refractivity contribution in [2.45, 2.75) is 19.5 Å². The van der Waals surface area contributed by atoms with Crippen molar-refractivity contribution in [1.82, 2.24) is 5.32 Å². The molecule has 0 amide bonds. The van der Waals surface area contributed by atoms with Gasteiger partial charge in [0, 0.05) is 27.1 Å². The maximum absolute atomic E-state index is 5.48. The van der Waals surface area contributed by atoms with E-state index in [0.717, 1.165) is 31.3 Å². The fourth-order valence-corrected chi connectivity index (χ4v) is 4.28. The first-order valence-electron chi connectivity index (χ1n) is 6.52. The Kier molecular flexibility index (Phi) is 6.29. The summed E-state index contributed by atoms with van der Waals surface area (Å²) in [4.78, 5) is 0. The largest absolute Gasteiger partial charge is 0.495 e. The van der Waals surface area contributed by atoms with Crippen molar-refractivity contribution in [2.75, 3.05) is 7.11 Å². The minimum absolute atomic E-state index is 0.239. The second-order valence-corrected chi connectivity index (χ2v) is 7.33. The van der Waals surface area contributed by atoms with Gasteiger partial charge in [-0.1, -0.05) is 50.1 Å². The molecule has 0 aliphatic heterocycles. The molecule has 112 valence electrons. The SMILES string of the molecule is COc1c(Br)cc(Br)cc1CN[C@@H](C)c1ccccc1Br. The van der Waals surface area contributed by atoms with E-state index in [9.17, 15) is 0 Å². The molecular formula is C16H16Br3NO. The quantitative estimate of drug-likeness (QED) is 0.584. The zero-order chi connectivity index (χ0) is 15.4. The number of ether oxygens (including phenoxy) is 1. The minimum atomic E-state index is 0.239. The Morgan fingerprint density at radius 2 is 1.81 bits per heavy atom. The first-order valence-corrected chi connectivity index (χ1v) is 8.90. The molecule has 1 N–H and O–H groups in total. The first-order chi connectivity index (χ1) is 10.0. The van der Waals surface area contributed by atoms with Crippen LogP contribution in [0.2, 0.25) is 0 Å². The van der Waals surface area contributed by atoms with E-state index in [1.165, 1.54) is 5.56 Å². The lowest BCUT2D eigenvalue weighted by Gasteiger charge is -2.18. The molecule has 2 aromatic carbocycles. The van der Waals surface area contributed by atoms with E-state index in [4.69, 9.17) is 4.74 Å². The van der Waals surface area contributed by atoms with Gasteiger partial charge in [0.1, 0.15) is 5.75 Å². The Hall–Kier alpha value is -0.360. The maximum Gasteiger partial charge on any atom is 0.137 e. The van der Waals surface area contributed by atoms with Gasteiger partial charge in [-0.25, -0.2) is 0 Å². The summed E-state index contributed by atoms with van der Waals surface area (Å²) in [5, 5.41) is 3.53. The predicted octanol–water partition coefficient (Wildman–Crippen LogP) is 5.83. The highest BCUT2D eigenvalue weighted by Gasteiger charge is 2.12. The highest BCUT2D eigenvalue weighted by molar-refractivity contribution is 9.11. The van der Waals surface area contributed by atoms with E-state index in [-0.39, 0.29) is 6.04 Å². The van der Waals surface area contributed by atoms with Crippen molar-refractivity contribution in [1.29, 1.82) is 0 Å². The fraction of sp³-hybridized carbons (Fsp3) is 0.250. The van der Waals surface area contributed by atoms with Crippen LogP contribution in [-0.4, -0.2) is 7.11 Å². The minimum Gasteiger partial charge on any atom is -0.495 e. The summed E-state index contributed by atoms with van der Waals surface area (Å²) >= 11 is 10.6. The lowest BCUT2D eigenvalue weighted by atomic mass is 10.1. The van der Waals surface area contributed by atoms with E-state index in [1.54, 1.807) is 7.11 Å². The van der Waals surface area contributed by atoms with Crippen molar-refractivity contribution in [3.05, 3.63) is 60.9 Å². The number of nitrogens with one attached hydrogen (secondary N) is 1. The van der Waals surface area contributed by atoms with Crippen LogP contribution in [-0.2, 0) is 6.54 Å². The summed E-state index contributed by atoms with van der Waals surface area (Å²) in [7, 11) is 1.69. The van der Waals surface area contributed by atoms with Crippen molar-refractivity contribution >= 4 is 47.8 Å². The van der Waals surface area contributed by atoms with Gasteiger partial charge in [0.15, 0.2) is 0 Å². The van der Waals surface area contributed by atoms with Gasteiger partial charge in [-0.05, 0) is 46.6 Å². The third-order valence-corrected chi connectivity index (χ3v) is 5.03. The normalized spacial score (nSPS) is 12.2. The first kappa shape index (κ1) is 17.0. The van der Waals surface area contributed by atoms with Gasteiger partial charge in [0.05, 0.1) is 11.6 Å². The summed E-state index contributed by atoms with van der Waals surface area (Å²) in [6, 6.07) is 12.6. The average Bonchev–Trinajstić information content (AvgIpc) is 2.44. The number of halogens is 3. The molecule has 0 bridgehead atoms. The second-order valence-electron chi connectivity index (χ2n) is 4.70. The monoisotopic (exact) mass is 475 g/mol. The van der Waals surface area contributed by atoms with Gasteiger partial charge in [0.25, 0.3) is 0 Å². The Balaban J connectivity index is 2.15. The van der Waals surface area contributed by atoms with Crippen LogP contribution < -0.4 is 10.1 Å². The Morgan fingerprint density at radius 3 is 2.48 bits per heavy atom. The molecule has 0 radical (unpaired) electrons. The zero-order valence-corrected chi connectivity index (χ0v) is 16.5. The Labute approximate surface area is 150 Å². The lowest BCUT2D eigenvalue weighted by molar-refractivity contribution is 0.403. The standard InChI is InChI=1S/C16H16Br3NO/c1-10(13-5-3-4-6-14(13)18)20-9-11-7-12(17)8-15(19)16(11)21-2/h3-8,10,20H,9H2,1-2H3/t10-/m0/s1. The van der Waals surface area contributed by atoms with Crippen molar-refractivity contribution < 1.29 is 4.74 Å². The maximum atomic E-state index is 5.48. The molecule has 0 unspecified atom stereocenters. The summed E-state index contributed by atoms with van der Waals surface area (Å²) < 4.78 is 8.57. The van der Waals surface area contributed by atoms with Gasteiger partial charge in [0.2, 0.25) is 0 Å². The number of methoxy groups -OCH3 is 1. The molecule has 0 aliphatic rings. The summed E-state index contributed by atoms with van der Waals surface area (Å²) in [6.07, 6.45) is 0. The van der Waals surface area contributed by atoms with E-state index < -0.39 is 0 Å². The third kappa shape index (κ3) is 4.31. The van der Waals surface area contributed by atoms with Crippen molar-refractivity contribution in [3.63, 3.8) is 0 Å². The summed E-state index contributed by atoms with van der Waals surface area (Å²) in [5.41, 5.74) is 2.35. The van der Waals surface area contributed by atoms with Crippen LogP contribution in [0.1, 0.15) is 24.1 Å². The summed E-state index contributed by atoms with van der Waals surface area (Å²) in [5.74, 6) is 0.866. The van der Waals surface area contributed by atoms with Gasteiger partial charge in [-0.2, -0.15) is 0 Å². The van der Waals surface area contributed by atoms with Gasteiger partial charge >= 0.3 is 0 Å². The molecular weight excluding hydrogens is 462 g/mol. The Bertz CT molecular complexity index is 631. The van der Waals surface area contributed by atoms with Gasteiger partial charge < -0.3 is 10.1 Å². The number of benzene rings is 2. The van der Waals surface area contributed by atoms with Crippen LogP contribution in [0.3, 0.4) is 0 Å². The molecule has 2 nitrogen and oxygen atoms in total. The molecule has 5 heteroatoms. The molecule has 2 aromatic rings. The van der Waals surface area contributed by atoms with E-state index >= 15 is 0 Å². The zero-order valence-electron chi connectivity index (χ0n) is 11.8. The third-order valence-electron chi connectivity index (χ3n) is 3.26. The van der Waals surface area contributed by atoms with Crippen LogP contribution in [0, 0.1) is 0 Å². The lowest BCUT2D eigenvalue weighted by Crippen LogP contribution is -2.19. The molecule has 0 saturated carbocycles.